The maximum absolute atomic E-state index is 12.7. The van der Waals surface area contributed by atoms with Crippen LogP contribution in [0.25, 0.3) is 0 Å². The van der Waals surface area contributed by atoms with E-state index in [-0.39, 0.29) is 12.5 Å². The Morgan fingerprint density at radius 1 is 1.29 bits per heavy atom. The fraction of sp³-hybridized carbons (Fsp3) is 0.450. The summed E-state index contributed by atoms with van der Waals surface area (Å²) in [5.41, 5.74) is -0.305. The molecule has 1 amide bonds. The van der Waals surface area contributed by atoms with E-state index in [1.54, 1.807) is 36.2 Å². The van der Waals surface area contributed by atoms with Gasteiger partial charge in [0, 0.05) is 25.5 Å². The number of aromatic nitrogens is 2. The molecule has 0 aliphatic heterocycles. The molecule has 3 rings (SSSR count). The molecule has 0 atom stereocenters. The third-order valence-corrected chi connectivity index (χ3v) is 5.54. The lowest BCUT2D eigenvalue weighted by molar-refractivity contribution is 0.0246. The van der Waals surface area contributed by atoms with Crippen LogP contribution >= 0.6 is 11.6 Å². The third kappa shape index (κ3) is 4.91. The minimum atomic E-state index is -0.858. The van der Waals surface area contributed by atoms with E-state index in [4.69, 9.17) is 11.6 Å². The summed E-state index contributed by atoms with van der Waals surface area (Å²) in [6.07, 6.45) is 6.98. The molecule has 3 N–H and O–H groups in total. The van der Waals surface area contributed by atoms with Gasteiger partial charge in [0.05, 0.1) is 16.2 Å². The second kappa shape index (κ2) is 8.75. The number of amides is 1. The number of anilines is 2. The van der Waals surface area contributed by atoms with Gasteiger partial charge in [0.15, 0.2) is 0 Å². The van der Waals surface area contributed by atoms with Gasteiger partial charge in [-0.05, 0) is 37.1 Å². The SMILES string of the molecule is CN(c1ccc(Cl)c(C(=O)NCC2(O)CCCCCC2)c1)c1ccnc(=O)[nH]1. The van der Waals surface area contributed by atoms with Gasteiger partial charge in [-0.15, -0.1) is 0 Å². The zero-order chi connectivity index (χ0) is 20.1. The second-order valence-electron chi connectivity index (χ2n) is 7.30. The highest BCUT2D eigenvalue weighted by Gasteiger charge is 2.28. The molecule has 1 aromatic carbocycles. The minimum Gasteiger partial charge on any atom is -0.388 e. The number of rotatable bonds is 5. The van der Waals surface area contributed by atoms with E-state index < -0.39 is 11.3 Å². The predicted molar refractivity (Wildman–Crippen MR) is 109 cm³/mol. The predicted octanol–water partition coefficient (Wildman–Crippen LogP) is 3.01. The minimum absolute atomic E-state index is 0.208. The molecule has 28 heavy (non-hydrogen) atoms. The molecule has 0 saturated heterocycles. The number of halogens is 1. The van der Waals surface area contributed by atoms with Crippen molar-refractivity contribution in [1.82, 2.24) is 15.3 Å². The van der Waals surface area contributed by atoms with Crippen LogP contribution in [0, 0.1) is 0 Å². The number of nitrogens with one attached hydrogen (secondary N) is 2. The van der Waals surface area contributed by atoms with Crippen LogP contribution in [0.4, 0.5) is 11.5 Å². The van der Waals surface area contributed by atoms with Crippen LogP contribution in [0.3, 0.4) is 0 Å². The first kappa shape index (κ1) is 20.4. The van der Waals surface area contributed by atoms with Gasteiger partial charge in [-0.1, -0.05) is 37.3 Å². The lowest BCUT2D eigenvalue weighted by Gasteiger charge is -2.27. The lowest BCUT2D eigenvalue weighted by Crippen LogP contribution is -2.42. The number of carbonyl (C=O) groups is 1. The van der Waals surface area contributed by atoms with Gasteiger partial charge in [0.25, 0.3) is 5.91 Å². The summed E-state index contributed by atoms with van der Waals surface area (Å²) in [6.45, 7) is 0.208. The first-order valence-corrected chi connectivity index (χ1v) is 9.85. The van der Waals surface area contributed by atoms with Crippen LogP contribution in [0.15, 0.2) is 35.3 Å². The molecule has 0 bridgehead atoms. The highest BCUT2D eigenvalue weighted by atomic mass is 35.5. The van der Waals surface area contributed by atoms with Gasteiger partial charge in [0.1, 0.15) is 5.82 Å². The number of benzene rings is 1. The summed E-state index contributed by atoms with van der Waals surface area (Å²) >= 11 is 6.24. The lowest BCUT2D eigenvalue weighted by atomic mass is 9.94. The molecule has 0 unspecified atom stereocenters. The zero-order valence-corrected chi connectivity index (χ0v) is 16.6. The van der Waals surface area contributed by atoms with Crippen LogP contribution in [0.2, 0.25) is 5.02 Å². The summed E-state index contributed by atoms with van der Waals surface area (Å²) in [5.74, 6) is 0.211. The monoisotopic (exact) mass is 404 g/mol. The number of hydrogen-bond acceptors (Lipinski definition) is 5. The molecule has 1 fully saturated rings. The average Bonchev–Trinajstić information content (AvgIpc) is 2.91. The van der Waals surface area contributed by atoms with Gasteiger partial charge in [-0.25, -0.2) is 9.78 Å². The van der Waals surface area contributed by atoms with E-state index in [9.17, 15) is 14.7 Å². The number of nitrogens with zero attached hydrogens (tertiary/aromatic N) is 2. The van der Waals surface area contributed by atoms with Crippen molar-refractivity contribution in [3.05, 3.63) is 51.5 Å². The van der Waals surface area contributed by atoms with Crippen molar-refractivity contribution in [2.45, 2.75) is 44.1 Å². The Labute approximate surface area is 168 Å². The maximum atomic E-state index is 12.7. The summed E-state index contributed by atoms with van der Waals surface area (Å²) in [6, 6.07) is 6.73. The summed E-state index contributed by atoms with van der Waals surface area (Å²) in [7, 11) is 1.77. The number of hydrogen-bond donors (Lipinski definition) is 3. The molecule has 1 heterocycles. The Morgan fingerprint density at radius 3 is 2.68 bits per heavy atom. The number of carbonyl (C=O) groups excluding carboxylic acids is 1. The fourth-order valence-electron chi connectivity index (χ4n) is 3.49. The summed E-state index contributed by atoms with van der Waals surface area (Å²) in [4.78, 5) is 32.1. The van der Waals surface area contributed by atoms with E-state index >= 15 is 0 Å². The van der Waals surface area contributed by atoms with Crippen LogP contribution in [-0.2, 0) is 0 Å². The van der Waals surface area contributed by atoms with E-state index in [1.807, 2.05) is 0 Å². The van der Waals surface area contributed by atoms with Crippen molar-refractivity contribution in [1.29, 1.82) is 0 Å². The number of aliphatic hydroxyl groups is 1. The molecule has 0 radical (unpaired) electrons. The van der Waals surface area contributed by atoms with Crippen LogP contribution in [-0.4, -0.2) is 40.2 Å². The van der Waals surface area contributed by atoms with Crippen molar-refractivity contribution >= 4 is 29.0 Å². The van der Waals surface area contributed by atoms with Gasteiger partial charge in [-0.3, -0.25) is 9.78 Å². The molecule has 1 aliphatic rings. The first-order valence-electron chi connectivity index (χ1n) is 9.47. The molecule has 1 aromatic heterocycles. The standard InChI is InChI=1S/C20H25ClN4O3/c1-25(17-8-11-22-19(27)24-17)14-6-7-16(21)15(12-14)18(26)23-13-20(28)9-4-2-3-5-10-20/h6-8,11-12,28H,2-5,9-10,13H2,1H3,(H,23,26)(H,22,24,27). The summed E-state index contributed by atoms with van der Waals surface area (Å²) < 4.78 is 0. The Hall–Kier alpha value is -2.38. The Kier molecular flexibility index (Phi) is 6.36. The number of H-pyrrole nitrogens is 1. The second-order valence-corrected chi connectivity index (χ2v) is 7.71. The molecule has 7 nitrogen and oxygen atoms in total. The Balaban J connectivity index is 1.75. The molecular formula is C20H25ClN4O3. The Morgan fingerprint density at radius 2 is 2.00 bits per heavy atom. The highest BCUT2D eigenvalue weighted by molar-refractivity contribution is 6.34. The van der Waals surface area contributed by atoms with Crippen molar-refractivity contribution < 1.29 is 9.90 Å². The molecule has 8 heteroatoms. The van der Waals surface area contributed by atoms with E-state index in [0.29, 0.717) is 34.9 Å². The molecule has 1 saturated carbocycles. The van der Waals surface area contributed by atoms with Gasteiger partial charge in [0.2, 0.25) is 0 Å². The quantitative estimate of drug-likeness (QED) is 0.665. The maximum Gasteiger partial charge on any atom is 0.346 e. The average molecular weight is 405 g/mol. The molecule has 150 valence electrons. The van der Waals surface area contributed by atoms with Crippen LogP contribution in [0.5, 0.6) is 0 Å². The smallest absolute Gasteiger partial charge is 0.346 e. The highest BCUT2D eigenvalue weighted by Crippen LogP contribution is 2.28. The molecule has 1 aliphatic carbocycles. The van der Waals surface area contributed by atoms with Crippen LogP contribution in [0.1, 0.15) is 48.9 Å². The van der Waals surface area contributed by atoms with Crippen molar-refractivity contribution in [2.75, 3.05) is 18.5 Å². The summed E-state index contributed by atoms with van der Waals surface area (Å²) in [5, 5.41) is 13.9. The van der Waals surface area contributed by atoms with Crippen molar-refractivity contribution in [3.8, 4) is 0 Å². The van der Waals surface area contributed by atoms with Crippen molar-refractivity contribution in [3.63, 3.8) is 0 Å². The van der Waals surface area contributed by atoms with Gasteiger partial charge < -0.3 is 15.3 Å². The van der Waals surface area contributed by atoms with E-state index in [1.165, 1.54) is 6.20 Å². The van der Waals surface area contributed by atoms with Gasteiger partial charge >= 0.3 is 5.69 Å². The van der Waals surface area contributed by atoms with Crippen molar-refractivity contribution in [2.24, 2.45) is 0 Å². The Bertz CT molecular complexity index is 891. The largest absolute Gasteiger partial charge is 0.388 e. The first-order chi connectivity index (χ1) is 13.4. The topological polar surface area (TPSA) is 98.3 Å². The zero-order valence-electron chi connectivity index (χ0n) is 15.9. The van der Waals surface area contributed by atoms with Crippen LogP contribution < -0.4 is 15.9 Å². The normalized spacial score (nSPS) is 16.2. The fourth-order valence-corrected chi connectivity index (χ4v) is 3.70. The number of aromatic amines is 1. The van der Waals surface area contributed by atoms with E-state index in [2.05, 4.69) is 15.3 Å². The third-order valence-electron chi connectivity index (χ3n) is 5.21. The molecular weight excluding hydrogens is 380 g/mol. The molecule has 0 spiro atoms. The molecule has 2 aromatic rings. The van der Waals surface area contributed by atoms with Gasteiger partial charge in [-0.2, -0.15) is 0 Å². The van der Waals surface area contributed by atoms with E-state index in [0.717, 1.165) is 25.7 Å².